The van der Waals surface area contributed by atoms with Crippen molar-refractivity contribution in [2.75, 3.05) is 14.2 Å². The highest BCUT2D eigenvalue weighted by molar-refractivity contribution is 6.03. The third kappa shape index (κ3) is 3.45. The van der Waals surface area contributed by atoms with Gasteiger partial charge in [-0.15, -0.1) is 0 Å². The van der Waals surface area contributed by atoms with Crippen LogP contribution in [-0.2, 0) is 0 Å². The SMILES string of the molecule is COc1ccc(-c2[nH]n(-c3ccc(OC)cc3)c(=O)c2C(C)=NC2CC2)cc1. The molecule has 28 heavy (non-hydrogen) atoms. The second-order valence-corrected chi connectivity index (χ2v) is 6.87. The van der Waals surface area contributed by atoms with E-state index < -0.39 is 0 Å². The van der Waals surface area contributed by atoms with E-state index in [2.05, 4.69) is 5.10 Å². The molecule has 0 unspecified atom stereocenters. The van der Waals surface area contributed by atoms with Crippen LogP contribution in [0.15, 0.2) is 58.3 Å². The molecule has 6 heteroatoms. The van der Waals surface area contributed by atoms with Crippen LogP contribution in [0, 0.1) is 0 Å². The molecule has 1 saturated carbocycles. The molecule has 1 aromatic heterocycles. The van der Waals surface area contributed by atoms with Gasteiger partial charge in [-0.2, -0.15) is 0 Å². The van der Waals surface area contributed by atoms with E-state index in [1.807, 2.05) is 55.5 Å². The summed E-state index contributed by atoms with van der Waals surface area (Å²) in [7, 11) is 3.25. The maximum atomic E-state index is 13.3. The number of benzene rings is 2. The Bertz CT molecular complexity index is 1060. The highest BCUT2D eigenvalue weighted by Gasteiger charge is 2.24. The van der Waals surface area contributed by atoms with Crippen LogP contribution in [0.25, 0.3) is 16.9 Å². The predicted octanol–water partition coefficient (Wildman–Crippen LogP) is 3.82. The van der Waals surface area contributed by atoms with Gasteiger partial charge in [0.05, 0.1) is 37.2 Å². The Labute approximate surface area is 163 Å². The van der Waals surface area contributed by atoms with E-state index in [9.17, 15) is 4.79 Å². The molecule has 3 aromatic rings. The van der Waals surface area contributed by atoms with E-state index in [4.69, 9.17) is 14.5 Å². The molecular weight excluding hydrogens is 354 g/mol. The molecule has 0 saturated heterocycles. The molecule has 1 N–H and O–H groups in total. The molecule has 0 aliphatic heterocycles. The van der Waals surface area contributed by atoms with Crippen molar-refractivity contribution in [3.8, 4) is 28.4 Å². The van der Waals surface area contributed by atoms with E-state index >= 15 is 0 Å². The van der Waals surface area contributed by atoms with Crippen molar-refractivity contribution in [2.24, 2.45) is 4.99 Å². The van der Waals surface area contributed by atoms with Gasteiger partial charge in [0.2, 0.25) is 0 Å². The lowest BCUT2D eigenvalue weighted by Gasteiger charge is -2.05. The minimum absolute atomic E-state index is 0.113. The van der Waals surface area contributed by atoms with Gasteiger partial charge in [-0.25, -0.2) is 4.68 Å². The molecule has 0 amide bonds. The average Bonchev–Trinajstić information content (AvgIpc) is 3.48. The Morgan fingerprint density at radius 2 is 1.57 bits per heavy atom. The number of hydrogen-bond donors (Lipinski definition) is 1. The summed E-state index contributed by atoms with van der Waals surface area (Å²) in [4.78, 5) is 18.0. The summed E-state index contributed by atoms with van der Waals surface area (Å²) in [6, 6.07) is 15.4. The molecule has 4 rings (SSSR count). The second kappa shape index (κ2) is 7.38. The zero-order chi connectivity index (χ0) is 19.7. The zero-order valence-corrected chi connectivity index (χ0v) is 16.2. The van der Waals surface area contributed by atoms with Gasteiger partial charge in [-0.1, -0.05) is 0 Å². The maximum absolute atomic E-state index is 13.3. The lowest BCUT2D eigenvalue weighted by molar-refractivity contribution is 0.414. The number of aromatic nitrogens is 2. The van der Waals surface area contributed by atoms with Crippen LogP contribution in [-0.4, -0.2) is 35.8 Å². The number of rotatable bonds is 6. The Hall–Kier alpha value is -3.28. The third-order valence-corrected chi connectivity index (χ3v) is 4.88. The normalized spacial score (nSPS) is 14.2. The molecule has 1 aliphatic carbocycles. The molecular formula is C22H23N3O3. The van der Waals surface area contributed by atoms with Crippen molar-refractivity contribution in [1.82, 2.24) is 9.78 Å². The standard InChI is InChI=1S/C22H23N3O3/c1-14(23-16-6-7-16)20-21(15-4-10-18(27-2)11-5-15)24-25(22(20)26)17-8-12-19(28-3)13-9-17/h4-5,8-13,16,24H,6-7H2,1-3H3. The Balaban J connectivity index is 1.85. The van der Waals surface area contributed by atoms with Crippen LogP contribution in [0.3, 0.4) is 0 Å². The van der Waals surface area contributed by atoms with Gasteiger partial charge in [0.1, 0.15) is 11.5 Å². The number of nitrogens with zero attached hydrogens (tertiary/aromatic N) is 2. The van der Waals surface area contributed by atoms with Gasteiger partial charge in [0.15, 0.2) is 0 Å². The highest BCUT2D eigenvalue weighted by Crippen LogP contribution is 2.27. The van der Waals surface area contributed by atoms with Crippen molar-refractivity contribution in [2.45, 2.75) is 25.8 Å². The molecule has 0 radical (unpaired) electrons. The first-order valence-electron chi connectivity index (χ1n) is 9.29. The van der Waals surface area contributed by atoms with Crippen molar-refractivity contribution in [3.05, 3.63) is 64.4 Å². The zero-order valence-electron chi connectivity index (χ0n) is 16.2. The summed E-state index contributed by atoms with van der Waals surface area (Å²) in [5, 5.41) is 3.27. The fourth-order valence-electron chi connectivity index (χ4n) is 3.19. The highest BCUT2D eigenvalue weighted by atomic mass is 16.5. The number of hydrogen-bond acceptors (Lipinski definition) is 4. The lowest BCUT2D eigenvalue weighted by atomic mass is 10.0. The molecule has 144 valence electrons. The summed E-state index contributed by atoms with van der Waals surface area (Å²) in [6.45, 7) is 1.91. The fourth-order valence-corrected chi connectivity index (χ4v) is 3.19. The molecule has 1 aliphatic rings. The maximum Gasteiger partial charge on any atom is 0.280 e. The summed E-state index contributed by atoms with van der Waals surface area (Å²) < 4.78 is 12.0. The van der Waals surface area contributed by atoms with Crippen LogP contribution in [0.4, 0.5) is 0 Å². The van der Waals surface area contributed by atoms with Crippen molar-refractivity contribution in [3.63, 3.8) is 0 Å². The first-order valence-corrected chi connectivity index (χ1v) is 9.29. The van der Waals surface area contributed by atoms with Crippen molar-refractivity contribution >= 4 is 5.71 Å². The van der Waals surface area contributed by atoms with Crippen molar-refractivity contribution in [1.29, 1.82) is 0 Å². The number of methoxy groups -OCH3 is 2. The molecule has 1 heterocycles. The van der Waals surface area contributed by atoms with E-state index in [0.717, 1.165) is 47.0 Å². The third-order valence-electron chi connectivity index (χ3n) is 4.88. The number of nitrogens with one attached hydrogen (secondary N) is 1. The molecule has 2 aromatic carbocycles. The largest absolute Gasteiger partial charge is 0.497 e. The van der Waals surface area contributed by atoms with Gasteiger partial charge in [0, 0.05) is 11.3 Å². The van der Waals surface area contributed by atoms with Gasteiger partial charge >= 0.3 is 0 Å². The van der Waals surface area contributed by atoms with Gasteiger partial charge in [-0.05, 0) is 68.3 Å². The van der Waals surface area contributed by atoms with Crippen molar-refractivity contribution < 1.29 is 9.47 Å². The molecule has 0 atom stereocenters. The van der Waals surface area contributed by atoms with E-state index in [1.54, 1.807) is 18.9 Å². The fraction of sp³-hybridized carbons (Fsp3) is 0.273. The predicted molar refractivity (Wildman–Crippen MR) is 110 cm³/mol. The first kappa shape index (κ1) is 18.1. The Kier molecular flexibility index (Phi) is 4.77. The first-order chi connectivity index (χ1) is 13.6. The number of aliphatic imine (C=N–C) groups is 1. The number of aromatic amines is 1. The van der Waals surface area contributed by atoms with E-state index in [1.165, 1.54) is 0 Å². The summed E-state index contributed by atoms with van der Waals surface area (Å²) in [6.07, 6.45) is 2.18. The van der Waals surface area contributed by atoms with Crippen LogP contribution in [0.2, 0.25) is 0 Å². The quantitative estimate of drug-likeness (QED) is 0.664. The van der Waals surface area contributed by atoms with Gasteiger partial charge in [0.25, 0.3) is 5.56 Å². The minimum Gasteiger partial charge on any atom is -0.497 e. The van der Waals surface area contributed by atoms with Crippen LogP contribution in [0.1, 0.15) is 25.3 Å². The second-order valence-electron chi connectivity index (χ2n) is 6.87. The van der Waals surface area contributed by atoms with Gasteiger partial charge in [-0.3, -0.25) is 14.9 Å². The molecule has 6 nitrogen and oxygen atoms in total. The van der Waals surface area contributed by atoms with E-state index in [-0.39, 0.29) is 5.56 Å². The summed E-state index contributed by atoms with van der Waals surface area (Å²) in [5.41, 5.74) is 3.66. The smallest absolute Gasteiger partial charge is 0.280 e. The summed E-state index contributed by atoms with van der Waals surface area (Å²) >= 11 is 0. The monoisotopic (exact) mass is 377 g/mol. The lowest BCUT2D eigenvalue weighted by Crippen LogP contribution is -2.19. The number of ether oxygens (including phenoxy) is 2. The molecule has 0 bridgehead atoms. The van der Waals surface area contributed by atoms with Crippen LogP contribution >= 0.6 is 0 Å². The Morgan fingerprint density at radius 3 is 2.11 bits per heavy atom. The minimum atomic E-state index is -0.113. The average molecular weight is 377 g/mol. The number of H-pyrrole nitrogens is 1. The Morgan fingerprint density at radius 1 is 1.00 bits per heavy atom. The van der Waals surface area contributed by atoms with E-state index in [0.29, 0.717) is 11.6 Å². The van der Waals surface area contributed by atoms with Gasteiger partial charge < -0.3 is 9.47 Å². The molecule has 0 spiro atoms. The topological polar surface area (TPSA) is 68.6 Å². The summed E-state index contributed by atoms with van der Waals surface area (Å²) in [5.74, 6) is 1.51. The van der Waals surface area contributed by atoms with Crippen LogP contribution in [0.5, 0.6) is 11.5 Å². The molecule has 1 fully saturated rings. The van der Waals surface area contributed by atoms with Crippen LogP contribution < -0.4 is 15.0 Å².